The van der Waals surface area contributed by atoms with Crippen LogP contribution in [0.25, 0.3) is 0 Å². The summed E-state index contributed by atoms with van der Waals surface area (Å²) in [7, 11) is 0. The lowest BCUT2D eigenvalue weighted by Gasteiger charge is -2.25. The van der Waals surface area contributed by atoms with Gasteiger partial charge in [-0.05, 0) is 55.3 Å². The molecule has 18 heavy (non-hydrogen) atoms. The summed E-state index contributed by atoms with van der Waals surface area (Å²) < 4.78 is 1.29. The van der Waals surface area contributed by atoms with Crippen LogP contribution in [0.15, 0.2) is 22.7 Å². The Hall–Kier alpha value is -0.340. The lowest BCUT2D eigenvalue weighted by Crippen LogP contribution is -2.26. The molecule has 1 fully saturated rings. The summed E-state index contributed by atoms with van der Waals surface area (Å²) in [6, 6.07) is 7.54. The van der Waals surface area contributed by atoms with Gasteiger partial charge in [0, 0.05) is 10.5 Å². The summed E-state index contributed by atoms with van der Waals surface area (Å²) in [5.74, 6) is 0.688. The molecule has 0 bridgehead atoms. The van der Waals surface area contributed by atoms with Gasteiger partial charge < -0.3 is 5.32 Å². The number of benzene rings is 1. The zero-order valence-corrected chi connectivity index (χ0v) is 13.1. The van der Waals surface area contributed by atoms with E-state index in [2.05, 4.69) is 53.3 Å². The molecule has 1 aliphatic rings. The second-order valence-electron chi connectivity index (χ2n) is 5.30. The molecule has 1 aromatic carbocycles. The maximum atomic E-state index is 3.77. The smallest absolute Gasteiger partial charge is 0.0320 e. The third kappa shape index (κ3) is 3.16. The molecule has 1 nitrogen and oxygen atoms in total. The average molecular weight is 310 g/mol. The van der Waals surface area contributed by atoms with E-state index in [1.807, 2.05) is 0 Å². The third-order valence-corrected chi connectivity index (χ3v) is 4.85. The molecular weight excluding hydrogens is 286 g/mol. The van der Waals surface area contributed by atoms with Gasteiger partial charge in [0.25, 0.3) is 0 Å². The van der Waals surface area contributed by atoms with Crippen LogP contribution in [0.3, 0.4) is 0 Å². The zero-order valence-electron chi connectivity index (χ0n) is 11.5. The number of rotatable bonds is 4. The predicted molar refractivity (Wildman–Crippen MR) is 82.1 cm³/mol. The van der Waals surface area contributed by atoms with Gasteiger partial charge in [-0.25, -0.2) is 0 Å². The highest BCUT2D eigenvalue weighted by molar-refractivity contribution is 9.10. The minimum absolute atomic E-state index is 0.561. The van der Waals surface area contributed by atoms with Crippen molar-refractivity contribution >= 4 is 15.9 Å². The summed E-state index contributed by atoms with van der Waals surface area (Å²) in [6.45, 7) is 5.71. The van der Waals surface area contributed by atoms with Crippen molar-refractivity contribution in [2.75, 3.05) is 6.54 Å². The first-order chi connectivity index (χ1) is 8.76. The van der Waals surface area contributed by atoms with Crippen molar-refractivity contribution in [2.45, 2.75) is 57.9 Å². The number of halogens is 1. The Kier molecular flexibility index (Phi) is 5.25. The Morgan fingerprint density at radius 1 is 1.28 bits per heavy atom. The summed E-state index contributed by atoms with van der Waals surface area (Å²) in [5, 5.41) is 3.62. The largest absolute Gasteiger partial charge is 0.310 e. The third-order valence-electron chi connectivity index (χ3n) is 4.16. The maximum absolute atomic E-state index is 3.77. The molecule has 1 N–H and O–H groups in total. The second-order valence-corrected chi connectivity index (χ2v) is 6.15. The van der Waals surface area contributed by atoms with E-state index in [-0.39, 0.29) is 0 Å². The van der Waals surface area contributed by atoms with Crippen molar-refractivity contribution in [1.82, 2.24) is 5.32 Å². The zero-order chi connectivity index (χ0) is 13.0. The van der Waals surface area contributed by atoms with Crippen LogP contribution < -0.4 is 5.32 Å². The van der Waals surface area contributed by atoms with Crippen molar-refractivity contribution in [3.05, 3.63) is 33.8 Å². The summed E-state index contributed by atoms with van der Waals surface area (Å²) in [4.78, 5) is 0. The van der Waals surface area contributed by atoms with Crippen molar-refractivity contribution in [3.8, 4) is 0 Å². The number of nitrogens with one attached hydrogen (secondary N) is 1. The fourth-order valence-corrected chi connectivity index (χ4v) is 3.68. The topological polar surface area (TPSA) is 12.0 Å². The molecule has 1 atom stereocenters. The number of piperidine rings is 1. The van der Waals surface area contributed by atoms with Crippen LogP contribution in [-0.2, 0) is 0 Å². The van der Waals surface area contributed by atoms with Crippen LogP contribution in [-0.4, -0.2) is 6.54 Å². The second kappa shape index (κ2) is 6.72. The predicted octanol–water partition coefficient (Wildman–Crippen LogP) is 5.17. The van der Waals surface area contributed by atoms with E-state index >= 15 is 0 Å². The Morgan fingerprint density at radius 2 is 2.06 bits per heavy atom. The number of hydrogen-bond donors (Lipinski definition) is 1. The van der Waals surface area contributed by atoms with Crippen molar-refractivity contribution in [1.29, 1.82) is 0 Å². The molecule has 0 aromatic heterocycles. The molecule has 2 heteroatoms. The van der Waals surface area contributed by atoms with E-state index in [0.717, 1.165) is 6.54 Å². The Morgan fingerprint density at radius 3 is 2.61 bits per heavy atom. The van der Waals surface area contributed by atoms with Gasteiger partial charge in [-0.1, -0.05) is 48.3 Å². The average Bonchev–Trinajstić information content (AvgIpc) is 2.43. The minimum Gasteiger partial charge on any atom is -0.310 e. The van der Waals surface area contributed by atoms with E-state index in [0.29, 0.717) is 12.0 Å². The summed E-state index contributed by atoms with van der Waals surface area (Å²) in [6.07, 6.45) is 6.39. The molecule has 0 amide bonds. The highest BCUT2D eigenvalue weighted by atomic mass is 79.9. The van der Waals surface area contributed by atoms with Crippen molar-refractivity contribution < 1.29 is 0 Å². The van der Waals surface area contributed by atoms with Gasteiger partial charge >= 0.3 is 0 Å². The molecule has 1 aliphatic heterocycles. The Bertz CT molecular complexity index is 379. The fraction of sp³-hybridized carbons (Fsp3) is 0.625. The maximum Gasteiger partial charge on any atom is 0.0320 e. The molecule has 100 valence electrons. The highest BCUT2D eigenvalue weighted by Crippen LogP contribution is 2.33. The van der Waals surface area contributed by atoms with E-state index in [4.69, 9.17) is 0 Å². The SMILES string of the molecule is CCC(CC)c1ccc(C2CCCCN2)cc1Br. The van der Waals surface area contributed by atoms with Crippen LogP contribution in [0.1, 0.15) is 69.0 Å². The van der Waals surface area contributed by atoms with Gasteiger partial charge in [0.15, 0.2) is 0 Å². The van der Waals surface area contributed by atoms with Crippen molar-refractivity contribution in [2.24, 2.45) is 0 Å². The molecular formula is C16H24BrN. The molecule has 1 saturated heterocycles. The van der Waals surface area contributed by atoms with Crippen LogP contribution in [0.2, 0.25) is 0 Å². The molecule has 1 unspecified atom stereocenters. The standard InChI is InChI=1S/C16H24BrN/c1-3-12(4-2)14-9-8-13(11-15(14)17)16-7-5-6-10-18-16/h8-9,11-12,16,18H,3-7,10H2,1-2H3. The van der Waals surface area contributed by atoms with Gasteiger partial charge in [0.1, 0.15) is 0 Å². The molecule has 1 heterocycles. The van der Waals surface area contributed by atoms with Crippen LogP contribution in [0, 0.1) is 0 Å². The lowest BCUT2D eigenvalue weighted by atomic mass is 9.91. The molecule has 0 radical (unpaired) electrons. The Labute approximate surface area is 119 Å². The van der Waals surface area contributed by atoms with E-state index < -0.39 is 0 Å². The molecule has 0 saturated carbocycles. The Balaban J connectivity index is 2.18. The van der Waals surface area contributed by atoms with Crippen LogP contribution in [0.4, 0.5) is 0 Å². The normalized spacial score (nSPS) is 20.3. The van der Waals surface area contributed by atoms with Gasteiger partial charge in [-0.15, -0.1) is 0 Å². The minimum atomic E-state index is 0.561. The van der Waals surface area contributed by atoms with E-state index in [1.165, 1.54) is 47.7 Å². The summed E-state index contributed by atoms with van der Waals surface area (Å²) in [5.41, 5.74) is 2.91. The van der Waals surface area contributed by atoms with Gasteiger partial charge in [-0.2, -0.15) is 0 Å². The van der Waals surface area contributed by atoms with Gasteiger partial charge in [0.2, 0.25) is 0 Å². The van der Waals surface area contributed by atoms with Gasteiger partial charge in [0.05, 0.1) is 0 Å². The van der Waals surface area contributed by atoms with Crippen molar-refractivity contribution in [3.63, 3.8) is 0 Å². The molecule has 0 aliphatic carbocycles. The lowest BCUT2D eigenvalue weighted by molar-refractivity contribution is 0.412. The first kappa shape index (κ1) is 14.1. The van der Waals surface area contributed by atoms with Crippen LogP contribution in [0.5, 0.6) is 0 Å². The molecule has 1 aromatic rings. The van der Waals surface area contributed by atoms with Gasteiger partial charge in [-0.3, -0.25) is 0 Å². The first-order valence-corrected chi connectivity index (χ1v) is 8.08. The molecule has 0 spiro atoms. The highest BCUT2D eigenvalue weighted by Gasteiger charge is 2.17. The molecule has 2 rings (SSSR count). The fourth-order valence-electron chi connectivity index (χ4n) is 2.96. The van der Waals surface area contributed by atoms with Crippen LogP contribution >= 0.6 is 15.9 Å². The first-order valence-electron chi connectivity index (χ1n) is 7.29. The van der Waals surface area contributed by atoms with E-state index in [9.17, 15) is 0 Å². The number of hydrogen-bond acceptors (Lipinski definition) is 1. The van der Waals surface area contributed by atoms with E-state index in [1.54, 1.807) is 0 Å². The quantitative estimate of drug-likeness (QED) is 0.809. The monoisotopic (exact) mass is 309 g/mol. The summed E-state index contributed by atoms with van der Waals surface area (Å²) >= 11 is 3.77.